The Labute approximate surface area is 170 Å². The molecule has 0 atom stereocenters. The summed E-state index contributed by atoms with van der Waals surface area (Å²) < 4.78 is 17.1. The molecule has 0 saturated heterocycles. The van der Waals surface area contributed by atoms with Gasteiger partial charge in [-0.1, -0.05) is 12.1 Å². The van der Waals surface area contributed by atoms with E-state index in [-0.39, 0.29) is 30.6 Å². The number of methoxy groups -OCH3 is 2. The fourth-order valence-electron chi connectivity index (χ4n) is 3.10. The number of amides is 1. The Morgan fingerprint density at radius 2 is 2.00 bits per heavy atom. The average molecular weight is 418 g/mol. The third kappa shape index (κ3) is 3.88. The molecule has 0 saturated carbocycles. The van der Waals surface area contributed by atoms with Crippen LogP contribution in [0.1, 0.15) is 25.5 Å². The smallest absolute Gasteiger partial charge is 0.332 e. The monoisotopic (exact) mass is 418 g/mol. The molecule has 9 nitrogen and oxygen atoms in total. The summed E-state index contributed by atoms with van der Waals surface area (Å²) in [7, 11) is 3.06. The maximum atomic E-state index is 12.8. The molecule has 0 radical (unpaired) electrons. The SMILES string of the molecule is COc1cccc(CNC(=O)Cn2c(=O)n(C(C)C)c(=O)c3nscc32)c1OC. The molecule has 154 valence electrons. The lowest BCUT2D eigenvalue weighted by atomic mass is 10.2. The van der Waals surface area contributed by atoms with Crippen LogP contribution < -0.4 is 26.0 Å². The molecule has 0 aliphatic heterocycles. The average Bonchev–Trinajstić information content (AvgIpc) is 3.19. The zero-order valence-corrected chi connectivity index (χ0v) is 17.4. The lowest BCUT2D eigenvalue weighted by molar-refractivity contribution is -0.121. The van der Waals surface area contributed by atoms with Gasteiger partial charge in [-0.05, 0) is 31.4 Å². The van der Waals surface area contributed by atoms with Gasteiger partial charge in [0.15, 0.2) is 17.0 Å². The van der Waals surface area contributed by atoms with E-state index in [1.807, 2.05) is 6.07 Å². The second kappa shape index (κ2) is 8.48. The summed E-state index contributed by atoms with van der Waals surface area (Å²) in [6.45, 7) is 3.44. The molecular weight excluding hydrogens is 396 g/mol. The van der Waals surface area contributed by atoms with Gasteiger partial charge in [0.25, 0.3) is 5.56 Å². The van der Waals surface area contributed by atoms with Crippen molar-refractivity contribution in [1.29, 1.82) is 0 Å². The number of nitrogens with zero attached hydrogens (tertiary/aromatic N) is 3. The molecule has 0 unspecified atom stereocenters. The highest BCUT2D eigenvalue weighted by molar-refractivity contribution is 7.04. The molecule has 1 amide bonds. The molecule has 0 fully saturated rings. The Morgan fingerprint density at radius 3 is 2.66 bits per heavy atom. The van der Waals surface area contributed by atoms with E-state index < -0.39 is 11.2 Å². The maximum Gasteiger partial charge on any atom is 0.332 e. The van der Waals surface area contributed by atoms with E-state index in [0.29, 0.717) is 17.0 Å². The van der Waals surface area contributed by atoms with Crippen molar-refractivity contribution in [3.05, 3.63) is 50.0 Å². The standard InChI is InChI=1S/C19H22N4O5S/c1-11(2)23-18(25)16-13(10-29-21-16)22(19(23)26)9-15(24)20-8-12-6-5-7-14(27-3)17(12)28-4/h5-7,10-11H,8-9H2,1-4H3,(H,20,24). The van der Waals surface area contributed by atoms with Crippen LogP contribution in [0.2, 0.25) is 0 Å². The molecule has 1 N–H and O–H groups in total. The zero-order valence-electron chi connectivity index (χ0n) is 16.6. The molecule has 2 aromatic heterocycles. The number of para-hydroxylation sites is 1. The molecular formula is C19H22N4O5S. The molecule has 10 heteroatoms. The van der Waals surface area contributed by atoms with Crippen LogP contribution in [-0.4, -0.2) is 33.6 Å². The second-order valence-electron chi connectivity index (χ2n) is 6.62. The molecule has 0 aliphatic carbocycles. The summed E-state index contributed by atoms with van der Waals surface area (Å²) in [6.07, 6.45) is 0. The molecule has 2 heterocycles. The first kappa shape index (κ1) is 20.6. The van der Waals surface area contributed by atoms with Crippen LogP contribution in [-0.2, 0) is 17.9 Å². The number of carbonyl (C=O) groups is 1. The number of benzene rings is 1. The highest BCUT2D eigenvalue weighted by Crippen LogP contribution is 2.30. The van der Waals surface area contributed by atoms with E-state index in [2.05, 4.69) is 9.69 Å². The van der Waals surface area contributed by atoms with Crippen molar-refractivity contribution in [1.82, 2.24) is 18.8 Å². The van der Waals surface area contributed by atoms with Gasteiger partial charge < -0.3 is 14.8 Å². The normalized spacial score (nSPS) is 11.1. The largest absolute Gasteiger partial charge is 0.493 e. The van der Waals surface area contributed by atoms with Gasteiger partial charge in [0.2, 0.25) is 5.91 Å². The van der Waals surface area contributed by atoms with Crippen molar-refractivity contribution in [3.63, 3.8) is 0 Å². The number of hydrogen-bond acceptors (Lipinski definition) is 7. The summed E-state index contributed by atoms with van der Waals surface area (Å²) in [6, 6.07) is 5.02. The number of rotatable bonds is 7. The Kier molecular flexibility index (Phi) is 6.02. The third-order valence-electron chi connectivity index (χ3n) is 4.48. The van der Waals surface area contributed by atoms with Gasteiger partial charge in [0, 0.05) is 23.5 Å². The van der Waals surface area contributed by atoms with Crippen LogP contribution in [0, 0.1) is 0 Å². The van der Waals surface area contributed by atoms with Gasteiger partial charge >= 0.3 is 5.69 Å². The predicted molar refractivity (Wildman–Crippen MR) is 110 cm³/mol. The van der Waals surface area contributed by atoms with E-state index in [1.54, 1.807) is 31.4 Å². The van der Waals surface area contributed by atoms with Crippen LogP contribution >= 0.6 is 11.5 Å². The summed E-state index contributed by atoms with van der Waals surface area (Å²) >= 11 is 1.07. The van der Waals surface area contributed by atoms with Crippen LogP contribution in [0.4, 0.5) is 0 Å². The van der Waals surface area contributed by atoms with Crippen LogP contribution in [0.5, 0.6) is 11.5 Å². The zero-order chi connectivity index (χ0) is 21.1. The Balaban J connectivity index is 1.87. The molecule has 0 aliphatic rings. The van der Waals surface area contributed by atoms with E-state index in [1.165, 1.54) is 18.8 Å². The number of nitrogens with one attached hydrogen (secondary N) is 1. The molecule has 3 rings (SSSR count). The van der Waals surface area contributed by atoms with E-state index in [0.717, 1.165) is 21.7 Å². The van der Waals surface area contributed by atoms with E-state index in [9.17, 15) is 14.4 Å². The number of fused-ring (bicyclic) bond motifs is 1. The Morgan fingerprint density at radius 1 is 1.24 bits per heavy atom. The topological polar surface area (TPSA) is 104 Å². The number of hydrogen-bond donors (Lipinski definition) is 1. The Hall–Kier alpha value is -3.14. The van der Waals surface area contributed by atoms with Crippen molar-refractivity contribution in [3.8, 4) is 11.5 Å². The second-order valence-corrected chi connectivity index (χ2v) is 7.24. The van der Waals surface area contributed by atoms with E-state index in [4.69, 9.17) is 9.47 Å². The van der Waals surface area contributed by atoms with Crippen molar-refractivity contribution in [2.75, 3.05) is 14.2 Å². The summed E-state index contributed by atoms with van der Waals surface area (Å²) in [5.41, 5.74) is 0.300. The highest BCUT2D eigenvalue weighted by atomic mass is 32.1. The quantitative estimate of drug-likeness (QED) is 0.624. The highest BCUT2D eigenvalue weighted by Gasteiger charge is 2.19. The van der Waals surface area contributed by atoms with Crippen molar-refractivity contribution in [2.24, 2.45) is 0 Å². The predicted octanol–water partition coefficient (Wildman–Crippen LogP) is 1.53. The molecule has 0 bridgehead atoms. The minimum Gasteiger partial charge on any atom is -0.493 e. The lowest BCUT2D eigenvalue weighted by Crippen LogP contribution is -2.43. The molecule has 0 spiro atoms. The van der Waals surface area contributed by atoms with Crippen molar-refractivity contribution >= 4 is 28.5 Å². The summed E-state index contributed by atoms with van der Waals surface area (Å²) in [4.78, 5) is 37.9. The summed E-state index contributed by atoms with van der Waals surface area (Å²) in [5, 5.41) is 4.38. The lowest BCUT2D eigenvalue weighted by Gasteiger charge is -2.15. The molecule has 1 aromatic carbocycles. The third-order valence-corrected chi connectivity index (χ3v) is 5.10. The van der Waals surface area contributed by atoms with Crippen LogP contribution in [0.15, 0.2) is 33.2 Å². The van der Waals surface area contributed by atoms with Gasteiger partial charge in [0.1, 0.15) is 6.54 Å². The molecule has 3 aromatic rings. The minimum atomic E-state index is -0.535. The van der Waals surface area contributed by atoms with Gasteiger partial charge in [-0.2, -0.15) is 4.37 Å². The maximum absolute atomic E-state index is 12.8. The first-order valence-electron chi connectivity index (χ1n) is 8.95. The Bertz CT molecular complexity index is 1160. The first-order valence-corrected chi connectivity index (χ1v) is 9.78. The fraction of sp³-hybridized carbons (Fsp3) is 0.368. The number of carbonyl (C=O) groups excluding carboxylic acids is 1. The van der Waals surface area contributed by atoms with Crippen LogP contribution in [0.3, 0.4) is 0 Å². The number of ether oxygens (including phenoxy) is 2. The van der Waals surface area contributed by atoms with Gasteiger partial charge in [0.05, 0.1) is 19.7 Å². The van der Waals surface area contributed by atoms with Gasteiger partial charge in [-0.15, -0.1) is 0 Å². The summed E-state index contributed by atoms with van der Waals surface area (Å²) in [5.74, 6) is 0.717. The number of aromatic nitrogens is 3. The fourth-order valence-corrected chi connectivity index (χ4v) is 3.77. The van der Waals surface area contributed by atoms with Crippen molar-refractivity contribution in [2.45, 2.75) is 33.0 Å². The van der Waals surface area contributed by atoms with E-state index >= 15 is 0 Å². The minimum absolute atomic E-state index is 0.186. The first-order chi connectivity index (χ1) is 13.9. The van der Waals surface area contributed by atoms with Crippen molar-refractivity contribution < 1.29 is 14.3 Å². The molecule has 29 heavy (non-hydrogen) atoms. The van der Waals surface area contributed by atoms with Gasteiger partial charge in [-0.25, -0.2) is 4.79 Å². The van der Waals surface area contributed by atoms with Gasteiger partial charge in [-0.3, -0.25) is 18.7 Å². The van der Waals surface area contributed by atoms with Crippen LogP contribution in [0.25, 0.3) is 11.0 Å².